The van der Waals surface area contributed by atoms with Crippen molar-refractivity contribution in [3.05, 3.63) is 33.1 Å². The Kier molecular flexibility index (Phi) is 3.47. The van der Waals surface area contributed by atoms with E-state index in [0.29, 0.717) is 35.3 Å². The molecular formula is C14H13ClN2O4. The molecule has 1 aromatic heterocycles. The van der Waals surface area contributed by atoms with Crippen LogP contribution in [0.2, 0.25) is 5.02 Å². The number of nitrogens with one attached hydrogen (secondary N) is 1. The number of hydrogen-bond acceptors (Lipinski definition) is 5. The van der Waals surface area contributed by atoms with Crippen LogP contribution in [0.1, 0.15) is 12.0 Å². The van der Waals surface area contributed by atoms with E-state index in [2.05, 4.69) is 9.97 Å². The zero-order valence-corrected chi connectivity index (χ0v) is 12.0. The molecule has 0 aliphatic carbocycles. The molecule has 2 N–H and O–H groups in total. The van der Waals surface area contributed by atoms with Crippen LogP contribution in [0, 0.1) is 6.92 Å². The molecule has 110 valence electrons. The Morgan fingerprint density at radius 1 is 1.33 bits per heavy atom. The molecule has 1 aliphatic heterocycles. The average molecular weight is 309 g/mol. The highest BCUT2D eigenvalue weighted by atomic mass is 35.5. The van der Waals surface area contributed by atoms with Crippen molar-refractivity contribution in [3.63, 3.8) is 0 Å². The van der Waals surface area contributed by atoms with Gasteiger partial charge in [-0.05, 0) is 19.1 Å². The fourth-order valence-electron chi connectivity index (χ4n) is 2.02. The van der Waals surface area contributed by atoms with E-state index in [9.17, 15) is 9.90 Å². The smallest absolute Gasteiger partial charge is 0.257 e. The zero-order valence-electron chi connectivity index (χ0n) is 11.3. The largest absolute Gasteiger partial charge is 0.493 e. The summed E-state index contributed by atoms with van der Waals surface area (Å²) in [4.78, 5) is 18.3. The first kappa shape index (κ1) is 13.8. The summed E-state index contributed by atoms with van der Waals surface area (Å²) in [5, 5.41) is 10.0. The van der Waals surface area contributed by atoms with E-state index in [1.165, 1.54) is 6.92 Å². The highest BCUT2D eigenvalue weighted by molar-refractivity contribution is 6.32. The molecule has 0 bridgehead atoms. The van der Waals surface area contributed by atoms with Crippen LogP contribution in [0.15, 0.2) is 16.9 Å². The normalized spacial score (nSPS) is 13.8. The maximum atomic E-state index is 11.7. The lowest BCUT2D eigenvalue weighted by Crippen LogP contribution is -2.12. The monoisotopic (exact) mass is 308 g/mol. The van der Waals surface area contributed by atoms with Crippen LogP contribution < -0.4 is 15.0 Å². The van der Waals surface area contributed by atoms with Crippen LogP contribution >= 0.6 is 11.6 Å². The standard InChI is InChI=1S/C14H13ClN2O4/c1-7-13(18)16-12(17-14(7)19)8-5-9(15)11-10(6-8)20-3-2-4-21-11/h5-6H,2-4H2,1H3,(H2,16,17,18,19). The Labute approximate surface area is 125 Å². The summed E-state index contributed by atoms with van der Waals surface area (Å²) in [6.07, 6.45) is 0.765. The van der Waals surface area contributed by atoms with Gasteiger partial charge in [-0.1, -0.05) is 11.6 Å². The predicted molar refractivity (Wildman–Crippen MR) is 77.3 cm³/mol. The minimum atomic E-state index is -0.402. The number of aromatic amines is 1. The van der Waals surface area contributed by atoms with Crippen LogP contribution in [0.3, 0.4) is 0 Å². The van der Waals surface area contributed by atoms with Crippen molar-refractivity contribution in [2.75, 3.05) is 13.2 Å². The van der Waals surface area contributed by atoms with Crippen LogP contribution in [0.25, 0.3) is 11.4 Å². The summed E-state index contributed by atoms with van der Waals surface area (Å²) in [6, 6.07) is 3.29. The molecule has 0 spiro atoms. The summed E-state index contributed by atoms with van der Waals surface area (Å²) in [7, 11) is 0. The minimum absolute atomic E-state index is 0.166. The topological polar surface area (TPSA) is 84.4 Å². The van der Waals surface area contributed by atoms with Gasteiger partial charge < -0.3 is 19.6 Å². The molecule has 0 saturated heterocycles. The van der Waals surface area contributed by atoms with Crippen LogP contribution in [-0.4, -0.2) is 28.3 Å². The van der Waals surface area contributed by atoms with Crippen molar-refractivity contribution in [1.29, 1.82) is 0 Å². The van der Waals surface area contributed by atoms with Gasteiger partial charge in [0.05, 0.1) is 23.8 Å². The molecule has 0 amide bonds. The Bertz CT molecular complexity index is 757. The van der Waals surface area contributed by atoms with Crippen molar-refractivity contribution in [2.45, 2.75) is 13.3 Å². The molecule has 1 aliphatic rings. The van der Waals surface area contributed by atoms with Crippen LogP contribution in [0.5, 0.6) is 17.4 Å². The molecule has 0 unspecified atom stereocenters. The first-order valence-corrected chi connectivity index (χ1v) is 6.83. The molecule has 2 aromatic rings. The Morgan fingerprint density at radius 2 is 2.10 bits per heavy atom. The van der Waals surface area contributed by atoms with Gasteiger partial charge in [0.2, 0.25) is 5.88 Å². The molecule has 7 heteroatoms. The van der Waals surface area contributed by atoms with Gasteiger partial charge >= 0.3 is 0 Å². The maximum Gasteiger partial charge on any atom is 0.257 e. The van der Waals surface area contributed by atoms with E-state index in [0.717, 1.165) is 6.42 Å². The molecule has 0 atom stereocenters. The van der Waals surface area contributed by atoms with Gasteiger partial charge in [0.15, 0.2) is 11.5 Å². The van der Waals surface area contributed by atoms with Gasteiger partial charge in [-0.25, -0.2) is 0 Å². The summed E-state index contributed by atoms with van der Waals surface area (Å²) in [6.45, 7) is 2.55. The van der Waals surface area contributed by atoms with Gasteiger partial charge in [0, 0.05) is 12.0 Å². The van der Waals surface area contributed by atoms with E-state index >= 15 is 0 Å². The van der Waals surface area contributed by atoms with Crippen molar-refractivity contribution in [3.8, 4) is 28.8 Å². The fourth-order valence-corrected chi connectivity index (χ4v) is 2.29. The lowest BCUT2D eigenvalue weighted by atomic mass is 10.2. The van der Waals surface area contributed by atoms with Crippen molar-refractivity contribution in [2.24, 2.45) is 0 Å². The third-order valence-corrected chi connectivity index (χ3v) is 3.48. The number of halogens is 1. The Morgan fingerprint density at radius 3 is 2.86 bits per heavy atom. The number of nitrogens with zero attached hydrogens (tertiary/aromatic N) is 1. The summed E-state index contributed by atoms with van der Waals surface area (Å²) >= 11 is 6.19. The van der Waals surface area contributed by atoms with Gasteiger partial charge in [-0.2, -0.15) is 4.98 Å². The predicted octanol–water partition coefficient (Wildman–Crippen LogP) is 2.27. The zero-order chi connectivity index (χ0) is 15.0. The molecule has 0 radical (unpaired) electrons. The molecule has 3 rings (SSSR count). The quantitative estimate of drug-likeness (QED) is 0.844. The Hall–Kier alpha value is -2.21. The highest BCUT2D eigenvalue weighted by Crippen LogP contribution is 2.40. The average Bonchev–Trinajstić information content (AvgIpc) is 2.69. The number of H-pyrrole nitrogens is 1. The van der Waals surface area contributed by atoms with E-state index in [1.54, 1.807) is 12.1 Å². The number of ether oxygens (including phenoxy) is 2. The second-order valence-corrected chi connectivity index (χ2v) is 5.11. The molecule has 0 saturated carbocycles. The van der Waals surface area contributed by atoms with Gasteiger partial charge in [-0.3, -0.25) is 4.79 Å². The molecule has 21 heavy (non-hydrogen) atoms. The number of hydrogen-bond donors (Lipinski definition) is 2. The molecular weight excluding hydrogens is 296 g/mol. The van der Waals surface area contributed by atoms with Crippen molar-refractivity contribution >= 4 is 11.6 Å². The molecule has 0 fully saturated rings. The second kappa shape index (κ2) is 5.29. The second-order valence-electron chi connectivity index (χ2n) is 4.70. The van der Waals surface area contributed by atoms with E-state index in [1.807, 2.05) is 0 Å². The molecule has 6 nitrogen and oxygen atoms in total. The third kappa shape index (κ3) is 2.54. The van der Waals surface area contributed by atoms with E-state index < -0.39 is 5.56 Å². The van der Waals surface area contributed by atoms with E-state index in [-0.39, 0.29) is 17.3 Å². The van der Waals surface area contributed by atoms with Crippen molar-refractivity contribution in [1.82, 2.24) is 9.97 Å². The summed E-state index contributed by atoms with van der Waals surface area (Å²) in [5.41, 5.74) is 0.302. The lowest BCUT2D eigenvalue weighted by molar-refractivity contribution is 0.297. The third-order valence-electron chi connectivity index (χ3n) is 3.20. The first-order valence-electron chi connectivity index (χ1n) is 6.45. The minimum Gasteiger partial charge on any atom is -0.493 e. The maximum absolute atomic E-state index is 11.7. The van der Waals surface area contributed by atoms with Gasteiger partial charge in [-0.15, -0.1) is 0 Å². The summed E-state index contributed by atoms with van der Waals surface area (Å²) < 4.78 is 11.1. The van der Waals surface area contributed by atoms with Crippen molar-refractivity contribution < 1.29 is 14.6 Å². The Balaban J connectivity index is 2.14. The first-order chi connectivity index (χ1) is 10.1. The lowest BCUT2D eigenvalue weighted by Gasteiger charge is -2.11. The van der Waals surface area contributed by atoms with Crippen LogP contribution in [0.4, 0.5) is 0 Å². The number of fused-ring (bicyclic) bond motifs is 1. The fraction of sp³-hybridized carbons (Fsp3) is 0.286. The number of benzene rings is 1. The number of aromatic nitrogens is 2. The van der Waals surface area contributed by atoms with Crippen LogP contribution in [-0.2, 0) is 0 Å². The summed E-state index contributed by atoms with van der Waals surface area (Å²) in [5.74, 6) is 0.895. The van der Waals surface area contributed by atoms with E-state index in [4.69, 9.17) is 21.1 Å². The molecule has 1 aromatic carbocycles. The molecule has 2 heterocycles. The number of rotatable bonds is 1. The van der Waals surface area contributed by atoms with Gasteiger partial charge in [0.25, 0.3) is 5.56 Å². The highest BCUT2D eigenvalue weighted by Gasteiger charge is 2.18. The van der Waals surface area contributed by atoms with Gasteiger partial charge in [0.1, 0.15) is 5.82 Å². The number of aromatic hydroxyl groups is 1. The SMILES string of the molecule is Cc1c(O)nc(-c2cc(Cl)c3c(c2)OCCCO3)[nH]c1=O.